The smallest absolute Gasteiger partial charge is 0.251 e. The largest absolute Gasteiger partial charge is 0.352 e. The van der Waals surface area contributed by atoms with Gasteiger partial charge in [0.15, 0.2) is 0 Å². The minimum atomic E-state index is -0.142. The molecule has 138 valence electrons. The fourth-order valence-corrected chi connectivity index (χ4v) is 2.53. The topological polar surface area (TPSA) is 70.2 Å². The number of carbonyl (C=O) groups excluding carboxylic acids is 2. The van der Waals surface area contributed by atoms with Gasteiger partial charge in [-0.3, -0.25) is 9.59 Å². The van der Waals surface area contributed by atoms with Crippen molar-refractivity contribution < 1.29 is 9.59 Å². The fraction of sp³-hybridized carbons (Fsp3) is 0.333. The molecule has 0 saturated carbocycles. The lowest BCUT2D eigenvalue weighted by Gasteiger charge is -2.14. The monoisotopic (exact) mass is 353 g/mol. The summed E-state index contributed by atoms with van der Waals surface area (Å²) >= 11 is 0. The molecule has 1 atom stereocenters. The summed E-state index contributed by atoms with van der Waals surface area (Å²) in [6.07, 6.45) is 1.98. The van der Waals surface area contributed by atoms with Crippen molar-refractivity contribution in [3.63, 3.8) is 0 Å². The first kappa shape index (κ1) is 19.7. The number of nitrogens with one attached hydrogen (secondary N) is 3. The van der Waals surface area contributed by atoms with E-state index in [-0.39, 0.29) is 24.4 Å². The van der Waals surface area contributed by atoms with Gasteiger partial charge in [0.2, 0.25) is 5.91 Å². The molecule has 5 heteroatoms. The molecule has 0 aromatic heterocycles. The number of amides is 2. The molecule has 0 fully saturated rings. The van der Waals surface area contributed by atoms with E-state index in [1.54, 1.807) is 24.3 Å². The van der Waals surface area contributed by atoms with Crippen LogP contribution in [0.3, 0.4) is 0 Å². The molecule has 0 bridgehead atoms. The summed E-state index contributed by atoms with van der Waals surface area (Å²) in [5.41, 5.74) is 2.29. The SMILES string of the molecule is CCCCNC(=O)c1cccc(NC(=O)CNC(C)c2ccccc2)c1. The normalized spacial score (nSPS) is 11.6. The first-order chi connectivity index (χ1) is 12.6. The van der Waals surface area contributed by atoms with Gasteiger partial charge in [0.25, 0.3) is 5.91 Å². The maximum Gasteiger partial charge on any atom is 0.251 e. The first-order valence-corrected chi connectivity index (χ1v) is 9.06. The molecular weight excluding hydrogens is 326 g/mol. The quantitative estimate of drug-likeness (QED) is 0.604. The van der Waals surface area contributed by atoms with Gasteiger partial charge < -0.3 is 16.0 Å². The van der Waals surface area contributed by atoms with Crippen molar-refractivity contribution in [1.82, 2.24) is 10.6 Å². The highest BCUT2D eigenvalue weighted by Gasteiger charge is 2.09. The zero-order valence-corrected chi connectivity index (χ0v) is 15.4. The first-order valence-electron chi connectivity index (χ1n) is 9.06. The number of unbranched alkanes of at least 4 members (excludes halogenated alkanes) is 1. The Labute approximate surface area is 155 Å². The Balaban J connectivity index is 1.85. The van der Waals surface area contributed by atoms with E-state index in [0.29, 0.717) is 17.8 Å². The van der Waals surface area contributed by atoms with Gasteiger partial charge in [-0.1, -0.05) is 49.7 Å². The molecule has 0 spiro atoms. The zero-order chi connectivity index (χ0) is 18.8. The Morgan fingerprint density at radius 1 is 1.04 bits per heavy atom. The Hall–Kier alpha value is -2.66. The van der Waals surface area contributed by atoms with Crippen LogP contribution in [0.15, 0.2) is 54.6 Å². The Morgan fingerprint density at radius 2 is 1.81 bits per heavy atom. The van der Waals surface area contributed by atoms with Crippen LogP contribution in [-0.2, 0) is 4.79 Å². The Morgan fingerprint density at radius 3 is 2.54 bits per heavy atom. The Kier molecular flexibility index (Phi) is 7.83. The standard InChI is InChI=1S/C21H27N3O2/c1-3-4-13-22-21(26)18-11-8-12-19(14-18)24-20(25)15-23-16(2)17-9-6-5-7-10-17/h5-12,14,16,23H,3-4,13,15H2,1-2H3,(H,22,26)(H,24,25). The average molecular weight is 353 g/mol. The second kappa shape index (κ2) is 10.4. The number of anilines is 1. The molecule has 2 aromatic rings. The number of hydrogen-bond donors (Lipinski definition) is 3. The molecule has 26 heavy (non-hydrogen) atoms. The Bertz CT molecular complexity index is 716. The van der Waals surface area contributed by atoms with Crippen molar-refractivity contribution >= 4 is 17.5 Å². The van der Waals surface area contributed by atoms with Crippen LogP contribution < -0.4 is 16.0 Å². The number of benzene rings is 2. The lowest BCUT2D eigenvalue weighted by Crippen LogP contribution is -2.30. The molecule has 0 saturated heterocycles. The number of rotatable bonds is 9. The fourth-order valence-electron chi connectivity index (χ4n) is 2.53. The van der Waals surface area contributed by atoms with Crippen LogP contribution in [0.4, 0.5) is 5.69 Å². The predicted molar refractivity (Wildman–Crippen MR) is 105 cm³/mol. The van der Waals surface area contributed by atoms with Crippen LogP contribution in [0, 0.1) is 0 Å². The lowest BCUT2D eigenvalue weighted by atomic mass is 10.1. The zero-order valence-electron chi connectivity index (χ0n) is 15.4. The summed E-state index contributed by atoms with van der Waals surface area (Å²) in [6, 6.07) is 17.0. The van der Waals surface area contributed by atoms with Crippen molar-refractivity contribution in [2.24, 2.45) is 0 Å². The molecule has 3 N–H and O–H groups in total. The van der Waals surface area contributed by atoms with Gasteiger partial charge in [-0.15, -0.1) is 0 Å². The van der Waals surface area contributed by atoms with E-state index in [2.05, 4.69) is 22.9 Å². The molecule has 5 nitrogen and oxygen atoms in total. The van der Waals surface area contributed by atoms with Crippen molar-refractivity contribution in [2.45, 2.75) is 32.7 Å². The third-order valence-electron chi connectivity index (χ3n) is 4.09. The molecule has 1 unspecified atom stereocenters. The van der Waals surface area contributed by atoms with Crippen LogP contribution >= 0.6 is 0 Å². The van der Waals surface area contributed by atoms with Gasteiger partial charge in [-0.05, 0) is 37.1 Å². The predicted octanol–water partition coefficient (Wildman–Crippen LogP) is 3.51. The third kappa shape index (κ3) is 6.33. The van der Waals surface area contributed by atoms with Crippen molar-refractivity contribution in [1.29, 1.82) is 0 Å². The van der Waals surface area contributed by atoms with Crippen LogP contribution in [0.5, 0.6) is 0 Å². The number of hydrogen-bond acceptors (Lipinski definition) is 3. The van der Waals surface area contributed by atoms with Gasteiger partial charge >= 0.3 is 0 Å². The second-order valence-electron chi connectivity index (χ2n) is 6.25. The van der Waals surface area contributed by atoms with Gasteiger partial charge in [0.1, 0.15) is 0 Å². The summed E-state index contributed by atoms with van der Waals surface area (Å²) in [5.74, 6) is -0.262. The van der Waals surface area contributed by atoms with E-state index < -0.39 is 0 Å². The summed E-state index contributed by atoms with van der Waals surface area (Å²) in [6.45, 7) is 4.95. The van der Waals surface area contributed by atoms with E-state index in [1.807, 2.05) is 37.3 Å². The number of carbonyl (C=O) groups is 2. The summed E-state index contributed by atoms with van der Waals surface area (Å²) in [4.78, 5) is 24.3. The van der Waals surface area contributed by atoms with Gasteiger partial charge in [-0.2, -0.15) is 0 Å². The maximum absolute atomic E-state index is 12.2. The minimum absolute atomic E-state index is 0.0811. The average Bonchev–Trinajstić information content (AvgIpc) is 2.67. The maximum atomic E-state index is 12.2. The molecular formula is C21H27N3O2. The van der Waals surface area contributed by atoms with Crippen LogP contribution in [0.2, 0.25) is 0 Å². The summed E-state index contributed by atoms with van der Waals surface area (Å²) in [7, 11) is 0. The molecule has 2 rings (SSSR count). The molecule has 0 aliphatic carbocycles. The summed E-state index contributed by atoms with van der Waals surface area (Å²) < 4.78 is 0. The van der Waals surface area contributed by atoms with E-state index >= 15 is 0 Å². The molecule has 0 aliphatic rings. The van der Waals surface area contributed by atoms with E-state index in [4.69, 9.17) is 0 Å². The van der Waals surface area contributed by atoms with Crippen molar-refractivity contribution in [3.05, 3.63) is 65.7 Å². The van der Waals surface area contributed by atoms with Gasteiger partial charge in [-0.25, -0.2) is 0 Å². The van der Waals surface area contributed by atoms with E-state index in [9.17, 15) is 9.59 Å². The van der Waals surface area contributed by atoms with Gasteiger partial charge in [0, 0.05) is 23.8 Å². The summed E-state index contributed by atoms with van der Waals surface area (Å²) in [5, 5.41) is 8.90. The van der Waals surface area contributed by atoms with Crippen molar-refractivity contribution in [2.75, 3.05) is 18.4 Å². The van der Waals surface area contributed by atoms with Gasteiger partial charge in [0.05, 0.1) is 6.54 Å². The van der Waals surface area contributed by atoms with Crippen LogP contribution in [0.25, 0.3) is 0 Å². The third-order valence-corrected chi connectivity index (χ3v) is 4.09. The van der Waals surface area contributed by atoms with E-state index in [0.717, 1.165) is 18.4 Å². The molecule has 0 heterocycles. The molecule has 2 amide bonds. The highest BCUT2D eigenvalue weighted by atomic mass is 16.2. The lowest BCUT2D eigenvalue weighted by molar-refractivity contribution is -0.115. The molecule has 2 aromatic carbocycles. The molecule has 0 radical (unpaired) electrons. The van der Waals surface area contributed by atoms with Crippen molar-refractivity contribution in [3.8, 4) is 0 Å². The van der Waals surface area contributed by atoms with Crippen LogP contribution in [-0.4, -0.2) is 24.9 Å². The van der Waals surface area contributed by atoms with Crippen LogP contribution in [0.1, 0.15) is 48.7 Å². The molecule has 0 aliphatic heterocycles. The highest BCUT2D eigenvalue weighted by molar-refractivity contribution is 5.97. The second-order valence-corrected chi connectivity index (χ2v) is 6.25. The minimum Gasteiger partial charge on any atom is -0.352 e. The van der Waals surface area contributed by atoms with E-state index in [1.165, 1.54) is 0 Å². The highest BCUT2D eigenvalue weighted by Crippen LogP contribution is 2.12.